The van der Waals surface area contributed by atoms with Crippen LogP contribution >= 0.6 is 7.82 Å². The Bertz CT molecular complexity index is 1630. The van der Waals surface area contributed by atoms with Crippen molar-refractivity contribution in [2.45, 2.75) is 335 Å². The molecular weight excluding hydrogens is 1040 g/mol. The molecule has 478 valence electrons. The third-order valence-corrected chi connectivity index (χ3v) is 16.3. The molecule has 0 rings (SSSR count). The van der Waals surface area contributed by atoms with Gasteiger partial charge in [-0.2, -0.15) is 0 Å². The van der Waals surface area contributed by atoms with Crippen LogP contribution in [0.3, 0.4) is 0 Å². The second-order valence-corrected chi connectivity index (χ2v) is 26.1. The Morgan fingerprint density at radius 2 is 0.744 bits per heavy atom. The van der Waals surface area contributed by atoms with E-state index in [2.05, 4.69) is 86.8 Å². The average molecular weight is 1170 g/mol. The normalized spacial score (nSPS) is 14.0. The number of carbonyl (C=O) groups excluding carboxylic acids is 2. The highest BCUT2D eigenvalue weighted by atomic mass is 31.2. The van der Waals surface area contributed by atoms with Crippen molar-refractivity contribution in [1.29, 1.82) is 0 Å². The highest BCUT2D eigenvalue weighted by molar-refractivity contribution is 7.45. The van der Waals surface area contributed by atoms with Crippen molar-refractivity contribution in [2.24, 2.45) is 0 Å². The van der Waals surface area contributed by atoms with E-state index < -0.39 is 26.6 Å². The Labute approximate surface area is 508 Å². The van der Waals surface area contributed by atoms with Crippen LogP contribution < -0.4 is 10.2 Å². The van der Waals surface area contributed by atoms with E-state index >= 15 is 0 Å². The minimum atomic E-state index is -4.71. The average Bonchev–Trinajstić information content (AvgIpc) is 3.44. The molecular formula is C72H133N2O7P. The van der Waals surface area contributed by atoms with Crippen LogP contribution in [-0.4, -0.2) is 69.4 Å². The number of unbranched alkanes of at least 4 members (excludes halogenated alkanes) is 37. The number of quaternary nitrogens is 1. The smallest absolute Gasteiger partial charge is 0.306 e. The maximum atomic E-state index is 13.6. The van der Waals surface area contributed by atoms with Crippen molar-refractivity contribution in [2.75, 3.05) is 40.9 Å². The van der Waals surface area contributed by atoms with Crippen molar-refractivity contribution >= 4 is 19.7 Å². The van der Waals surface area contributed by atoms with Crippen LogP contribution in [0.25, 0.3) is 0 Å². The number of hydrogen-bond donors (Lipinski definition) is 1. The molecule has 1 amide bonds. The Morgan fingerprint density at radius 3 is 1.15 bits per heavy atom. The summed E-state index contributed by atoms with van der Waals surface area (Å²) in [5.74, 6) is -0.554. The zero-order valence-corrected chi connectivity index (χ0v) is 55.6. The molecule has 0 aromatic heterocycles. The first kappa shape index (κ1) is 79.5. The number of nitrogens with one attached hydrogen (secondary N) is 1. The number of nitrogens with zero attached hydrogens (tertiary/aromatic N) is 1. The molecule has 9 nitrogen and oxygen atoms in total. The van der Waals surface area contributed by atoms with Gasteiger partial charge in [0.15, 0.2) is 0 Å². The summed E-state index contributed by atoms with van der Waals surface area (Å²) in [4.78, 5) is 40.1. The predicted molar refractivity (Wildman–Crippen MR) is 353 cm³/mol. The van der Waals surface area contributed by atoms with Gasteiger partial charge in [0.2, 0.25) is 5.91 Å². The summed E-state index contributed by atoms with van der Waals surface area (Å²) >= 11 is 0. The molecule has 0 aliphatic heterocycles. The first-order valence-corrected chi connectivity index (χ1v) is 36.2. The van der Waals surface area contributed by atoms with Gasteiger partial charge < -0.3 is 28.5 Å². The zero-order chi connectivity index (χ0) is 60.0. The number of phosphoric acid groups is 1. The van der Waals surface area contributed by atoms with E-state index in [0.29, 0.717) is 17.4 Å². The standard InChI is InChI=1S/C72H133N2O7P/c1-7-10-13-16-19-22-25-28-30-32-34-36-37-39-41-43-45-47-50-53-56-59-62-65-72(76)81-70(63-60-57-54-51-48-27-24-21-18-15-12-9-3)69(68-80-82(77,78)79-67-66-74(4,5)6)73-71(75)64-61-58-55-52-49-46-44-42-40-38-35-33-31-29-26-23-20-17-14-11-8-2/h20,23,28-31,35,38,42,44,60,63,69-70H,7-19,21-22,24-27,32-34,36-37,39-41,43,45-59,61-62,64-68H2,1-6H3,(H-,73,75,77,78)/b23-20-,30-28+,31-29-,38-35-,44-42-,63-60+. The second-order valence-electron chi connectivity index (χ2n) is 24.7. The Morgan fingerprint density at radius 1 is 0.427 bits per heavy atom. The number of allylic oxidation sites excluding steroid dienone is 11. The second kappa shape index (κ2) is 61.5. The lowest BCUT2D eigenvalue weighted by atomic mass is 10.0. The van der Waals surface area contributed by atoms with Crippen molar-refractivity contribution in [1.82, 2.24) is 5.32 Å². The monoisotopic (exact) mass is 1170 g/mol. The minimum absolute atomic E-state index is 0.0277. The van der Waals surface area contributed by atoms with Gasteiger partial charge in [0.25, 0.3) is 7.82 Å². The van der Waals surface area contributed by atoms with Gasteiger partial charge >= 0.3 is 5.97 Å². The Hall–Kier alpha value is -2.55. The zero-order valence-electron chi connectivity index (χ0n) is 54.7. The molecule has 82 heavy (non-hydrogen) atoms. The summed E-state index contributed by atoms with van der Waals surface area (Å²) in [7, 11) is 1.17. The topological polar surface area (TPSA) is 114 Å². The maximum Gasteiger partial charge on any atom is 0.306 e. The van der Waals surface area contributed by atoms with Crippen LogP contribution in [0.1, 0.15) is 323 Å². The van der Waals surface area contributed by atoms with E-state index in [-0.39, 0.29) is 24.9 Å². The summed E-state index contributed by atoms with van der Waals surface area (Å²) in [6, 6.07) is -0.901. The van der Waals surface area contributed by atoms with E-state index in [9.17, 15) is 19.0 Å². The Balaban J connectivity index is 5.14. The van der Waals surface area contributed by atoms with Gasteiger partial charge in [-0.3, -0.25) is 14.2 Å². The van der Waals surface area contributed by atoms with Crippen molar-refractivity contribution in [3.8, 4) is 0 Å². The van der Waals surface area contributed by atoms with Gasteiger partial charge in [0, 0.05) is 12.8 Å². The van der Waals surface area contributed by atoms with Gasteiger partial charge in [-0.25, -0.2) is 0 Å². The molecule has 10 heteroatoms. The van der Waals surface area contributed by atoms with E-state index in [1.165, 1.54) is 193 Å². The van der Waals surface area contributed by atoms with Crippen molar-refractivity contribution < 1.29 is 37.3 Å². The highest BCUT2D eigenvalue weighted by Gasteiger charge is 2.27. The molecule has 0 saturated carbocycles. The van der Waals surface area contributed by atoms with Crippen molar-refractivity contribution in [3.05, 3.63) is 72.9 Å². The molecule has 3 unspecified atom stereocenters. The van der Waals surface area contributed by atoms with Crippen LogP contribution in [-0.2, 0) is 27.9 Å². The predicted octanol–water partition coefficient (Wildman–Crippen LogP) is 21.3. The third-order valence-electron chi connectivity index (χ3n) is 15.4. The number of esters is 1. The fourth-order valence-electron chi connectivity index (χ4n) is 9.97. The molecule has 0 fully saturated rings. The molecule has 0 spiro atoms. The molecule has 0 aliphatic rings. The molecule has 3 atom stereocenters. The fourth-order valence-corrected chi connectivity index (χ4v) is 10.7. The molecule has 0 aliphatic carbocycles. The summed E-state index contributed by atoms with van der Waals surface area (Å²) < 4.78 is 30.4. The van der Waals surface area contributed by atoms with Gasteiger partial charge in [0.1, 0.15) is 19.3 Å². The van der Waals surface area contributed by atoms with Crippen LogP contribution in [0.2, 0.25) is 0 Å². The molecule has 0 aromatic carbocycles. The quantitative estimate of drug-likeness (QED) is 0.0212. The summed E-state index contributed by atoms with van der Waals surface area (Å²) in [5, 5.41) is 3.03. The molecule has 0 radical (unpaired) electrons. The third kappa shape index (κ3) is 62.0. The molecule has 1 N–H and O–H groups in total. The number of likely N-dealkylation sites (N-methyl/N-ethyl adjacent to an activating group) is 1. The van der Waals surface area contributed by atoms with Gasteiger partial charge in [-0.05, 0) is 102 Å². The summed E-state index contributed by atoms with van der Waals surface area (Å²) in [6.45, 7) is 6.82. The molecule has 0 heterocycles. The number of ether oxygens (including phenoxy) is 1. The lowest BCUT2D eigenvalue weighted by Crippen LogP contribution is -2.47. The number of amides is 1. The van der Waals surface area contributed by atoms with Crippen LogP contribution in [0, 0.1) is 0 Å². The largest absolute Gasteiger partial charge is 0.756 e. The van der Waals surface area contributed by atoms with Gasteiger partial charge in [-0.1, -0.05) is 280 Å². The maximum absolute atomic E-state index is 13.6. The highest BCUT2D eigenvalue weighted by Crippen LogP contribution is 2.38. The van der Waals surface area contributed by atoms with E-state index in [4.69, 9.17) is 13.8 Å². The molecule has 0 aromatic rings. The lowest BCUT2D eigenvalue weighted by molar-refractivity contribution is -0.870. The number of carbonyl (C=O) groups is 2. The van der Waals surface area contributed by atoms with Crippen LogP contribution in [0.4, 0.5) is 0 Å². The summed E-state index contributed by atoms with van der Waals surface area (Å²) in [6.07, 6.45) is 80.2. The van der Waals surface area contributed by atoms with Crippen LogP contribution in [0.5, 0.6) is 0 Å². The number of hydrogen-bond acceptors (Lipinski definition) is 7. The fraction of sp³-hybridized carbons (Fsp3) is 0.806. The lowest BCUT2D eigenvalue weighted by Gasteiger charge is -2.30. The van der Waals surface area contributed by atoms with E-state index in [0.717, 1.165) is 96.3 Å². The number of rotatable bonds is 63. The first-order chi connectivity index (χ1) is 39.9. The Kier molecular flexibility index (Phi) is 59.6. The summed E-state index contributed by atoms with van der Waals surface area (Å²) in [5.41, 5.74) is 0. The number of phosphoric ester groups is 1. The molecule has 0 bridgehead atoms. The minimum Gasteiger partial charge on any atom is -0.756 e. The van der Waals surface area contributed by atoms with E-state index in [1.54, 1.807) is 0 Å². The van der Waals surface area contributed by atoms with E-state index in [1.807, 2.05) is 33.3 Å². The molecule has 0 saturated heterocycles. The first-order valence-electron chi connectivity index (χ1n) is 34.7. The SMILES string of the molecule is CCCCC/C=C\C/C=C\C/C=C\C/C=C\CCCCCCCC(=O)NC(COP(=O)([O-])OCC[N+](C)(C)C)C(/C=C/CCCCCCCCCCCC)OC(=O)CCCCCCCCCCCCCCC/C=C/CCCCCCCC. The van der Waals surface area contributed by atoms with Crippen LogP contribution in [0.15, 0.2) is 72.9 Å². The van der Waals surface area contributed by atoms with Gasteiger partial charge in [-0.15, -0.1) is 0 Å². The van der Waals surface area contributed by atoms with Gasteiger partial charge in [0.05, 0.1) is 33.8 Å². The van der Waals surface area contributed by atoms with Crippen molar-refractivity contribution in [3.63, 3.8) is 0 Å².